The molecule has 0 aliphatic heterocycles. The maximum Gasteiger partial charge on any atom is 0.266 e. The fourth-order valence-electron chi connectivity index (χ4n) is 3.58. The number of anilines is 1. The van der Waals surface area contributed by atoms with Crippen LogP contribution < -0.4 is 14.8 Å². The number of fused-ring (bicyclic) bond motifs is 3. The fourth-order valence-corrected chi connectivity index (χ4v) is 3.58. The average Bonchev–Trinajstić information content (AvgIpc) is 3.30. The van der Waals surface area contributed by atoms with Gasteiger partial charge < -0.3 is 14.8 Å². The zero-order valence-corrected chi connectivity index (χ0v) is 18.1. The van der Waals surface area contributed by atoms with Gasteiger partial charge in [-0.3, -0.25) is 9.20 Å². The van der Waals surface area contributed by atoms with Crippen LogP contribution in [0.1, 0.15) is 23.1 Å². The lowest BCUT2D eigenvalue weighted by Gasteiger charge is -2.10. The van der Waals surface area contributed by atoms with Crippen molar-refractivity contribution in [3.05, 3.63) is 84.2 Å². The molecule has 5 aromatic rings. The van der Waals surface area contributed by atoms with Crippen LogP contribution in [0.5, 0.6) is 17.4 Å². The van der Waals surface area contributed by atoms with Crippen LogP contribution in [-0.2, 0) is 6.42 Å². The van der Waals surface area contributed by atoms with Gasteiger partial charge in [0.25, 0.3) is 11.8 Å². The molecule has 0 fully saturated rings. The zero-order valence-electron chi connectivity index (χ0n) is 18.1. The van der Waals surface area contributed by atoms with Gasteiger partial charge in [-0.15, -0.1) is 10.2 Å². The van der Waals surface area contributed by atoms with Gasteiger partial charge in [-0.25, -0.2) is 4.98 Å². The molecule has 0 aliphatic rings. The molecule has 0 spiro atoms. The molecule has 8 heteroatoms. The van der Waals surface area contributed by atoms with Crippen LogP contribution in [-0.4, -0.2) is 32.6 Å². The first-order valence-electron chi connectivity index (χ1n) is 10.5. The molecule has 2 heterocycles. The van der Waals surface area contributed by atoms with Gasteiger partial charge in [-0.1, -0.05) is 19.1 Å². The average molecular weight is 439 g/mol. The summed E-state index contributed by atoms with van der Waals surface area (Å²) in [5.41, 5.74) is 3.46. The Labute approximate surface area is 189 Å². The Balaban J connectivity index is 1.39. The summed E-state index contributed by atoms with van der Waals surface area (Å²) in [6.07, 6.45) is 0.733. The van der Waals surface area contributed by atoms with Crippen molar-refractivity contribution in [3.63, 3.8) is 0 Å². The van der Waals surface area contributed by atoms with Gasteiger partial charge in [0.2, 0.25) is 5.65 Å². The molecule has 0 saturated carbocycles. The van der Waals surface area contributed by atoms with E-state index in [1.807, 2.05) is 35.6 Å². The summed E-state index contributed by atoms with van der Waals surface area (Å²) in [6, 6.07) is 21.8. The SMILES string of the molecule is CCc1nnc2c(Oc3ccc(NC(=O)c4ccc(OC)cc4)cc3)nc3ccccc3n12. The Kier molecular flexibility index (Phi) is 5.32. The molecule has 5 rings (SSSR count). The van der Waals surface area contributed by atoms with Crippen LogP contribution in [0.3, 0.4) is 0 Å². The number of nitrogens with zero attached hydrogens (tertiary/aromatic N) is 4. The summed E-state index contributed by atoms with van der Waals surface area (Å²) >= 11 is 0. The normalized spacial score (nSPS) is 11.0. The number of hydrogen-bond donors (Lipinski definition) is 1. The maximum atomic E-state index is 12.5. The molecule has 1 N–H and O–H groups in total. The van der Waals surface area contributed by atoms with E-state index in [1.54, 1.807) is 55.6 Å². The van der Waals surface area contributed by atoms with E-state index in [1.165, 1.54) is 0 Å². The van der Waals surface area contributed by atoms with E-state index in [9.17, 15) is 4.79 Å². The van der Waals surface area contributed by atoms with Crippen molar-refractivity contribution < 1.29 is 14.3 Å². The molecule has 1 amide bonds. The van der Waals surface area contributed by atoms with E-state index in [0.717, 1.165) is 23.3 Å². The zero-order chi connectivity index (χ0) is 22.8. The van der Waals surface area contributed by atoms with Crippen LogP contribution in [0.2, 0.25) is 0 Å². The first-order valence-corrected chi connectivity index (χ1v) is 10.5. The molecule has 0 bridgehead atoms. The summed E-state index contributed by atoms with van der Waals surface area (Å²) in [5.74, 6) is 2.27. The van der Waals surface area contributed by atoms with Crippen LogP contribution in [0.4, 0.5) is 5.69 Å². The van der Waals surface area contributed by atoms with E-state index in [2.05, 4.69) is 20.5 Å². The van der Waals surface area contributed by atoms with Gasteiger partial charge in [-0.2, -0.15) is 0 Å². The van der Waals surface area contributed by atoms with Crippen LogP contribution >= 0.6 is 0 Å². The minimum atomic E-state index is -0.209. The van der Waals surface area contributed by atoms with Crippen LogP contribution in [0, 0.1) is 0 Å². The summed E-state index contributed by atoms with van der Waals surface area (Å²) in [4.78, 5) is 17.1. The largest absolute Gasteiger partial charge is 0.497 e. The second-order valence-corrected chi connectivity index (χ2v) is 7.34. The minimum Gasteiger partial charge on any atom is -0.497 e. The Morgan fingerprint density at radius 3 is 2.39 bits per heavy atom. The van der Waals surface area contributed by atoms with Crippen molar-refractivity contribution in [3.8, 4) is 17.4 Å². The standard InChI is InChI=1S/C25H21N5O3/c1-3-22-28-29-23-25(27-20-6-4-5-7-21(20)30(22)23)33-19-14-10-17(11-15-19)26-24(31)16-8-12-18(32-2)13-9-16/h4-15H,3H2,1-2H3,(H,26,31). The van der Waals surface area contributed by atoms with Crippen molar-refractivity contribution in [2.45, 2.75) is 13.3 Å². The van der Waals surface area contributed by atoms with E-state index in [4.69, 9.17) is 9.47 Å². The van der Waals surface area contributed by atoms with E-state index >= 15 is 0 Å². The lowest BCUT2D eigenvalue weighted by molar-refractivity contribution is 0.102. The molecule has 8 nitrogen and oxygen atoms in total. The molecule has 3 aromatic carbocycles. The first kappa shape index (κ1) is 20.4. The number of ether oxygens (including phenoxy) is 2. The quantitative estimate of drug-likeness (QED) is 0.405. The van der Waals surface area contributed by atoms with Gasteiger partial charge in [-0.05, 0) is 60.7 Å². The minimum absolute atomic E-state index is 0.209. The molecule has 33 heavy (non-hydrogen) atoms. The smallest absolute Gasteiger partial charge is 0.266 e. The van der Waals surface area contributed by atoms with Gasteiger partial charge in [0.15, 0.2) is 0 Å². The third-order valence-electron chi connectivity index (χ3n) is 5.26. The van der Waals surface area contributed by atoms with E-state index in [0.29, 0.717) is 34.3 Å². The first-order chi connectivity index (χ1) is 16.2. The van der Waals surface area contributed by atoms with Crippen molar-refractivity contribution in [1.29, 1.82) is 0 Å². The van der Waals surface area contributed by atoms with Crippen molar-refractivity contribution in [2.24, 2.45) is 0 Å². The van der Waals surface area contributed by atoms with Gasteiger partial charge in [0, 0.05) is 17.7 Å². The summed E-state index contributed by atoms with van der Waals surface area (Å²) < 4.78 is 13.2. The lowest BCUT2D eigenvalue weighted by Crippen LogP contribution is -2.11. The summed E-state index contributed by atoms with van der Waals surface area (Å²) in [7, 11) is 1.59. The Hall–Kier alpha value is -4.46. The molecule has 164 valence electrons. The second-order valence-electron chi connectivity index (χ2n) is 7.34. The summed E-state index contributed by atoms with van der Waals surface area (Å²) in [5, 5.41) is 11.5. The molecule has 0 aliphatic carbocycles. The van der Waals surface area contributed by atoms with Crippen molar-refractivity contribution in [1.82, 2.24) is 19.6 Å². The van der Waals surface area contributed by atoms with Crippen molar-refractivity contribution in [2.75, 3.05) is 12.4 Å². The highest BCUT2D eigenvalue weighted by Gasteiger charge is 2.16. The molecular weight excluding hydrogens is 418 g/mol. The monoisotopic (exact) mass is 439 g/mol. The second kappa shape index (κ2) is 8.58. The molecule has 0 unspecified atom stereocenters. The van der Waals surface area contributed by atoms with Crippen LogP contribution in [0.25, 0.3) is 16.7 Å². The van der Waals surface area contributed by atoms with Crippen molar-refractivity contribution >= 4 is 28.3 Å². The molecular formula is C25H21N5O3. The fraction of sp³-hybridized carbons (Fsp3) is 0.120. The topological polar surface area (TPSA) is 90.6 Å². The highest BCUT2D eigenvalue weighted by Crippen LogP contribution is 2.28. The van der Waals surface area contributed by atoms with Gasteiger partial charge in [0.1, 0.15) is 17.3 Å². The number of benzene rings is 3. The number of hydrogen-bond acceptors (Lipinski definition) is 6. The Morgan fingerprint density at radius 2 is 1.67 bits per heavy atom. The van der Waals surface area contributed by atoms with Gasteiger partial charge in [0.05, 0.1) is 18.1 Å². The molecule has 0 saturated heterocycles. The third kappa shape index (κ3) is 3.94. The highest BCUT2D eigenvalue weighted by molar-refractivity contribution is 6.04. The molecule has 0 atom stereocenters. The van der Waals surface area contributed by atoms with E-state index < -0.39 is 0 Å². The Morgan fingerprint density at radius 1 is 0.939 bits per heavy atom. The highest BCUT2D eigenvalue weighted by atomic mass is 16.5. The number of aryl methyl sites for hydroxylation is 1. The number of aromatic nitrogens is 4. The lowest BCUT2D eigenvalue weighted by atomic mass is 10.2. The van der Waals surface area contributed by atoms with Crippen LogP contribution in [0.15, 0.2) is 72.8 Å². The number of carbonyl (C=O) groups excluding carboxylic acids is 1. The number of rotatable bonds is 6. The van der Waals surface area contributed by atoms with Gasteiger partial charge >= 0.3 is 0 Å². The van der Waals surface area contributed by atoms with E-state index in [-0.39, 0.29) is 5.91 Å². The predicted molar refractivity (Wildman–Crippen MR) is 125 cm³/mol. The maximum absolute atomic E-state index is 12.5. The number of methoxy groups -OCH3 is 1. The summed E-state index contributed by atoms with van der Waals surface area (Å²) in [6.45, 7) is 2.03. The molecule has 2 aromatic heterocycles. The third-order valence-corrected chi connectivity index (χ3v) is 5.26. The number of amides is 1. The number of nitrogens with one attached hydrogen (secondary N) is 1. The molecule has 0 radical (unpaired) electrons. The Bertz CT molecular complexity index is 1440. The number of para-hydroxylation sites is 2. The predicted octanol–water partition coefficient (Wildman–Crippen LogP) is 4.89. The number of carbonyl (C=O) groups is 1.